The molecule has 0 fully saturated rings. The average molecular weight is 428 g/mol. The first-order valence-corrected chi connectivity index (χ1v) is 9.77. The van der Waals surface area contributed by atoms with Gasteiger partial charge in [0.25, 0.3) is 0 Å². The Morgan fingerprint density at radius 3 is 2.72 bits per heavy atom. The Morgan fingerprint density at radius 1 is 1.00 bits per heavy atom. The van der Waals surface area contributed by atoms with E-state index in [0.717, 1.165) is 10.8 Å². The Balaban J connectivity index is 1.70. The van der Waals surface area contributed by atoms with E-state index in [2.05, 4.69) is 42.4 Å². The van der Waals surface area contributed by atoms with Gasteiger partial charge in [-0.15, -0.1) is 0 Å². The van der Waals surface area contributed by atoms with Gasteiger partial charge in [0, 0.05) is 42.0 Å². The van der Waals surface area contributed by atoms with Gasteiger partial charge in [-0.3, -0.25) is 0 Å². The number of aromatic hydroxyl groups is 1. The van der Waals surface area contributed by atoms with Gasteiger partial charge in [0.1, 0.15) is 29.8 Å². The van der Waals surface area contributed by atoms with Gasteiger partial charge in [-0.05, 0) is 30.3 Å². The largest absolute Gasteiger partial charge is 0.508 e. The second kappa shape index (κ2) is 9.59. The van der Waals surface area contributed by atoms with E-state index in [0.29, 0.717) is 28.6 Å². The van der Waals surface area contributed by atoms with Crippen molar-refractivity contribution in [3.05, 3.63) is 66.1 Å². The van der Waals surface area contributed by atoms with Crippen molar-refractivity contribution < 1.29 is 14.9 Å². The zero-order valence-corrected chi connectivity index (χ0v) is 17.2. The highest BCUT2D eigenvalue weighted by Gasteiger charge is 2.09. The molecule has 1 aromatic carbocycles. The molecule has 32 heavy (non-hydrogen) atoms. The summed E-state index contributed by atoms with van der Waals surface area (Å²) in [5, 5.41) is 26.4. The number of phenols is 1. The highest BCUT2D eigenvalue weighted by atomic mass is 16.5. The summed E-state index contributed by atoms with van der Waals surface area (Å²) in [7, 11) is 1.79. The lowest BCUT2D eigenvalue weighted by molar-refractivity contribution is 0.191. The van der Waals surface area contributed by atoms with Crippen molar-refractivity contribution in [2.75, 3.05) is 30.9 Å². The molecule has 0 saturated carbocycles. The first kappa shape index (κ1) is 20.8. The molecular formula is C23H20N6O3. The number of aliphatic hydroxyl groups is 1. The summed E-state index contributed by atoms with van der Waals surface area (Å²) in [6, 6.07) is 10.5. The van der Waals surface area contributed by atoms with Crippen molar-refractivity contribution in [2.45, 2.75) is 0 Å². The third-order valence-electron chi connectivity index (χ3n) is 4.41. The van der Waals surface area contributed by atoms with Crippen LogP contribution in [0.3, 0.4) is 0 Å². The number of aliphatic hydroxyl groups excluding tert-OH is 1. The number of pyridine rings is 2. The maximum absolute atomic E-state index is 9.66. The molecule has 0 atom stereocenters. The molecule has 0 aliphatic rings. The number of ether oxygens (including phenoxy) is 1. The normalized spacial score (nSPS) is 10.3. The van der Waals surface area contributed by atoms with Crippen LogP contribution in [0.4, 0.5) is 17.5 Å². The number of nitrogens with zero attached hydrogens (tertiary/aromatic N) is 4. The summed E-state index contributed by atoms with van der Waals surface area (Å²) < 4.78 is 5.25. The lowest BCUT2D eigenvalue weighted by atomic mass is 10.1. The van der Waals surface area contributed by atoms with E-state index < -0.39 is 0 Å². The smallest absolute Gasteiger partial charge is 0.318 e. The van der Waals surface area contributed by atoms with E-state index in [-0.39, 0.29) is 25.0 Å². The van der Waals surface area contributed by atoms with Crippen LogP contribution in [0.1, 0.15) is 11.1 Å². The quantitative estimate of drug-likeness (QED) is 0.343. The summed E-state index contributed by atoms with van der Waals surface area (Å²) in [5.74, 6) is 8.08. The summed E-state index contributed by atoms with van der Waals surface area (Å²) in [5.41, 5.74) is 1.40. The molecule has 0 bridgehead atoms. The zero-order chi connectivity index (χ0) is 22.3. The molecule has 0 spiro atoms. The van der Waals surface area contributed by atoms with Crippen LogP contribution in [0.5, 0.6) is 11.8 Å². The van der Waals surface area contributed by atoms with Crippen LogP contribution in [-0.4, -0.2) is 50.4 Å². The zero-order valence-electron chi connectivity index (χ0n) is 17.2. The summed E-state index contributed by atoms with van der Waals surface area (Å²) in [6.07, 6.45) is 4.96. The van der Waals surface area contributed by atoms with Crippen molar-refractivity contribution in [1.29, 1.82) is 0 Å². The van der Waals surface area contributed by atoms with Crippen molar-refractivity contribution in [3.63, 3.8) is 0 Å². The summed E-state index contributed by atoms with van der Waals surface area (Å²) in [6.45, 7) is -0.0137. The van der Waals surface area contributed by atoms with Crippen molar-refractivity contribution in [3.8, 4) is 23.6 Å². The second-order valence-electron chi connectivity index (χ2n) is 6.61. The first-order valence-electron chi connectivity index (χ1n) is 9.77. The maximum Gasteiger partial charge on any atom is 0.318 e. The Labute approximate surface area is 184 Å². The number of phenolic OH excluding ortho intramolecular Hbond substituents is 1. The van der Waals surface area contributed by atoms with Crippen LogP contribution in [0.2, 0.25) is 0 Å². The van der Waals surface area contributed by atoms with Crippen molar-refractivity contribution in [1.82, 2.24) is 19.9 Å². The molecule has 0 unspecified atom stereocenters. The lowest BCUT2D eigenvalue weighted by Gasteiger charge is -2.10. The van der Waals surface area contributed by atoms with Gasteiger partial charge in [0.2, 0.25) is 0 Å². The Morgan fingerprint density at radius 2 is 1.91 bits per heavy atom. The molecule has 4 rings (SSSR count). The van der Waals surface area contributed by atoms with E-state index in [9.17, 15) is 5.11 Å². The molecule has 9 heteroatoms. The highest BCUT2D eigenvalue weighted by molar-refractivity contribution is 5.96. The van der Waals surface area contributed by atoms with Crippen molar-refractivity contribution in [2.24, 2.45) is 0 Å². The third kappa shape index (κ3) is 4.83. The van der Waals surface area contributed by atoms with Crippen LogP contribution >= 0.6 is 0 Å². The van der Waals surface area contributed by atoms with Crippen LogP contribution in [0, 0.1) is 11.8 Å². The van der Waals surface area contributed by atoms with Gasteiger partial charge >= 0.3 is 6.01 Å². The highest BCUT2D eigenvalue weighted by Crippen LogP contribution is 2.26. The number of aromatic nitrogens is 4. The number of fused-ring (bicyclic) bond motifs is 1. The summed E-state index contributed by atoms with van der Waals surface area (Å²) in [4.78, 5) is 17.1. The minimum Gasteiger partial charge on any atom is -0.508 e. The van der Waals surface area contributed by atoms with E-state index >= 15 is 0 Å². The predicted molar refractivity (Wildman–Crippen MR) is 121 cm³/mol. The minimum atomic E-state index is -0.124. The van der Waals surface area contributed by atoms with Crippen molar-refractivity contribution >= 4 is 28.2 Å². The van der Waals surface area contributed by atoms with Gasteiger partial charge in [-0.25, -0.2) is 15.0 Å². The van der Waals surface area contributed by atoms with Gasteiger partial charge in [0.05, 0.1) is 12.2 Å². The fourth-order valence-corrected chi connectivity index (χ4v) is 2.97. The maximum atomic E-state index is 9.66. The van der Waals surface area contributed by atoms with Crippen LogP contribution in [0.25, 0.3) is 10.8 Å². The molecule has 3 aromatic heterocycles. The van der Waals surface area contributed by atoms with Gasteiger partial charge in [-0.2, -0.15) is 4.98 Å². The van der Waals surface area contributed by atoms with E-state index in [1.54, 1.807) is 49.9 Å². The van der Waals surface area contributed by atoms with Crippen LogP contribution < -0.4 is 15.4 Å². The number of benzene rings is 1. The molecule has 9 nitrogen and oxygen atoms in total. The monoisotopic (exact) mass is 428 g/mol. The van der Waals surface area contributed by atoms with Gasteiger partial charge in [0.15, 0.2) is 0 Å². The number of hydrogen-bond acceptors (Lipinski definition) is 9. The fourth-order valence-electron chi connectivity index (χ4n) is 2.97. The molecule has 0 radical (unpaired) electrons. The van der Waals surface area contributed by atoms with Crippen LogP contribution in [-0.2, 0) is 0 Å². The number of rotatable bonds is 6. The molecule has 0 aliphatic carbocycles. The van der Waals surface area contributed by atoms with E-state index in [1.807, 2.05) is 12.1 Å². The SMILES string of the molecule is CNc1ncc(C#Cc2cccc(O)c2)c2cc(Nc3ccnc(OCCO)n3)ncc12. The van der Waals surface area contributed by atoms with E-state index in [4.69, 9.17) is 9.84 Å². The van der Waals surface area contributed by atoms with Gasteiger partial charge in [-0.1, -0.05) is 17.9 Å². The Kier molecular flexibility index (Phi) is 6.25. The van der Waals surface area contributed by atoms with Crippen LogP contribution in [0.15, 0.2) is 55.0 Å². The number of nitrogens with one attached hydrogen (secondary N) is 2. The van der Waals surface area contributed by atoms with E-state index in [1.165, 1.54) is 0 Å². The second-order valence-corrected chi connectivity index (χ2v) is 6.61. The standard InChI is InChI=1S/C23H20N6O3/c1-24-22-19-14-26-21(28-20-7-8-25-23(29-20)32-10-9-30)12-18(19)16(13-27-22)6-5-15-3-2-4-17(31)11-15/h2-4,7-8,11-14,30-31H,9-10H2,1H3,(H,24,27)(H,25,26,28,29). The number of anilines is 3. The molecule has 3 heterocycles. The summed E-state index contributed by atoms with van der Waals surface area (Å²) >= 11 is 0. The third-order valence-corrected chi connectivity index (χ3v) is 4.41. The minimum absolute atomic E-state index is 0.110. The molecule has 4 N–H and O–H groups in total. The van der Waals surface area contributed by atoms with Gasteiger partial charge < -0.3 is 25.6 Å². The predicted octanol–water partition coefficient (Wildman–Crippen LogP) is 2.68. The topological polar surface area (TPSA) is 125 Å². The molecule has 160 valence electrons. The molecule has 0 aliphatic heterocycles. The lowest BCUT2D eigenvalue weighted by Crippen LogP contribution is -2.06. The first-order chi connectivity index (χ1) is 15.7. The average Bonchev–Trinajstić information content (AvgIpc) is 2.81. The number of hydrogen-bond donors (Lipinski definition) is 4. The molecule has 4 aromatic rings. The Hall–Kier alpha value is -4.42. The Bertz CT molecular complexity index is 1320. The molecule has 0 saturated heterocycles. The molecular weight excluding hydrogens is 408 g/mol. The fraction of sp³-hybridized carbons (Fsp3) is 0.130. The molecule has 0 amide bonds.